The Kier molecular flexibility index (Phi) is 3.21. The Labute approximate surface area is 97.9 Å². The van der Waals surface area contributed by atoms with Crippen molar-refractivity contribution < 1.29 is 4.79 Å². The number of carbonyl (C=O) groups is 1. The molecular formula is C10H12N4OS. The lowest BCUT2D eigenvalue weighted by Crippen LogP contribution is -2.46. The molecule has 6 heteroatoms. The Morgan fingerprint density at radius 1 is 1.56 bits per heavy atom. The number of amidine groups is 1. The van der Waals surface area contributed by atoms with Crippen molar-refractivity contribution in [1.29, 1.82) is 0 Å². The minimum Gasteiger partial charge on any atom is -0.310 e. The van der Waals surface area contributed by atoms with Crippen LogP contribution in [0.2, 0.25) is 0 Å². The van der Waals surface area contributed by atoms with Gasteiger partial charge in [-0.15, -0.1) is 0 Å². The maximum atomic E-state index is 11.4. The van der Waals surface area contributed by atoms with Gasteiger partial charge in [0.2, 0.25) is 0 Å². The van der Waals surface area contributed by atoms with Crippen LogP contribution in [0.15, 0.2) is 29.4 Å². The molecule has 1 unspecified atom stereocenters. The van der Waals surface area contributed by atoms with Gasteiger partial charge in [-0.2, -0.15) is 4.99 Å². The van der Waals surface area contributed by atoms with Crippen LogP contribution in [0.25, 0.3) is 0 Å². The van der Waals surface area contributed by atoms with Crippen molar-refractivity contribution in [3.05, 3.63) is 30.1 Å². The quantitative estimate of drug-likeness (QED) is 0.762. The Morgan fingerprint density at radius 3 is 3.00 bits per heavy atom. The van der Waals surface area contributed by atoms with Gasteiger partial charge in [0.1, 0.15) is 5.69 Å². The Balaban J connectivity index is 2.40. The van der Waals surface area contributed by atoms with Crippen LogP contribution >= 0.6 is 11.9 Å². The molecule has 0 radical (unpaired) electrons. The number of aromatic nitrogens is 1. The number of pyridine rings is 1. The lowest BCUT2D eigenvalue weighted by Gasteiger charge is -2.31. The SMILES string of the molecule is CSN1C(c2ccccn2)=NC(=O)CC1N. The summed E-state index contributed by atoms with van der Waals surface area (Å²) in [5, 5.41) is 0. The van der Waals surface area contributed by atoms with Gasteiger partial charge in [-0.25, -0.2) is 0 Å². The molecule has 0 saturated heterocycles. The Bertz CT molecular complexity index is 420. The fraction of sp³-hybridized carbons (Fsp3) is 0.300. The van der Waals surface area contributed by atoms with Crippen molar-refractivity contribution in [3.63, 3.8) is 0 Å². The molecule has 1 aliphatic rings. The number of hydrogen-bond donors (Lipinski definition) is 1. The zero-order chi connectivity index (χ0) is 11.5. The van der Waals surface area contributed by atoms with Gasteiger partial charge in [-0.1, -0.05) is 18.0 Å². The second kappa shape index (κ2) is 4.63. The van der Waals surface area contributed by atoms with Crippen molar-refractivity contribution in [2.24, 2.45) is 10.7 Å². The van der Waals surface area contributed by atoms with E-state index in [0.717, 1.165) is 0 Å². The maximum absolute atomic E-state index is 11.4. The standard InChI is InChI=1S/C10H12N4OS/c1-16-14-8(11)6-9(15)13-10(14)7-4-2-3-5-12-7/h2-5,8H,6,11H2,1H3. The molecule has 84 valence electrons. The van der Waals surface area contributed by atoms with Crippen molar-refractivity contribution in [2.45, 2.75) is 12.6 Å². The van der Waals surface area contributed by atoms with Gasteiger partial charge in [0.05, 0.1) is 12.6 Å². The van der Waals surface area contributed by atoms with E-state index in [1.165, 1.54) is 11.9 Å². The Morgan fingerprint density at radius 2 is 2.38 bits per heavy atom. The summed E-state index contributed by atoms with van der Waals surface area (Å²) in [4.78, 5) is 19.6. The summed E-state index contributed by atoms with van der Waals surface area (Å²) in [5.74, 6) is 0.343. The van der Waals surface area contributed by atoms with Gasteiger partial charge in [0.15, 0.2) is 5.84 Å². The average Bonchev–Trinajstić information content (AvgIpc) is 2.29. The highest BCUT2D eigenvalue weighted by Crippen LogP contribution is 2.20. The lowest BCUT2D eigenvalue weighted by molar-refractivity contribution is -0.118. The second-order valence-electron chi connectivity index (χ2n) is 3.32. The summed E-state index contributed by atoms with van der Waals surface area (Å²) in [5.41, 5.74) is 6.55. The zero-order valence-electron chi connectivity index (χ0n) is 8.83. The van der Waals surface area contributed by atoms with Crippen LogP contribution in [0.3, 0.4) is 0 Å². The molecule has 0 bridgehead atoms. The van der Waals surface area contributed by atoms with E-state index >= 15 is 0 Å². The molecule has 1 aromatic rings. The van der Waals surface area contributed by atoms with E-state index in [-0.39, 0.29) is 18.5 Å². The van der Waals surface area contributed by atoms with Gasteiger partial charge in [0, 0.05) is 12.5 Å². The lowest BCUT2D eigenvalue weighted by atomic mass is 10.2. The molecule has 0 aliphatic carbocycles. The number of carbonyl (C=O) groups excluding carboxylic acids is 1. The summed E-state index contributed by atoms with van der Waals surface area (Å²) in [6.07, 6.45) is 3.48. The minimum atomic E-state index is -0.336. The third-order valence-corrected chi connectivity index (χ3v) is 3.05. The molecule has 2 heterocycles. The fourth-order valence-electron chi connectivity index (χ4n) is 1.52. The van der Waals surface area contributed by atoms with Gasteiger partial charge >= 0.3 is 0 Å². The van der Waals surface area contributed by atoms with E-state index in [9.17, 15) is 4.79 Å². The van der Waals surface area contributed by atoms with Crippen LogP contribution in [0, 0.1) is 0 Å². The molecule has 1 aromatic heterocycles. The smallest absolute Gasteiger partial charge is 0.251 e. The largest absolute Gasteiger partial charge is 0.310 e. The average molecular weight is 236 g/mol. The molecule has 2 rings (SSSR count). The number of hydrogen-bond acceptors (Lipinski definition) is 5. The van der Waals surface area contributed by atoms with Crippen molar-refractivity contribution in [3.8, 4) is 0 Å². The summed E-state index contributed by atoms with van der Waals surface area (Å²) < 4.78 is 1.81. The number of rotatable bonds is 2. The predicted octanol–water partition coefficient (Wildman–Crippen LogP) is 0.623. The van der Waals surface area contributed by atoms with Crippen LogP contribution in [-0.4, -0.2) is 33.5 Å². The third kappa shape index (κ3) is 2.07. The summed E-state index contributed by atoms with van der Waals surface area (Å²) in [7, 11) is 0. The molecule has 0 fully saturated rings. The number of aliphatic imine (C=N–C) groups is 1. The van der Waals surface area contributed by atoms with Crippen molar-refractivity contribution in [1.82, 2.24) is 9.29 Å². The molecular weight excluding hydrogens is 224 g/mol. The van der Waals surface area contributed by atoms with Crippen LogP contribution in [0.5, 0.6) is 0 Å². The van der Waals surface area contributed by atoms with Crippen molar-refractivity contribution >= 4 is 23.7 Å². The van der Waals surface area contributed by atoms with E-state index in [0.29, 0.717) is 11.5 Å². The summed E-state index contributed by atoms with van der Waals surface area (Å²) in [6, 6.07) is 5.49. The third-order valence-electron chi connectivity index (χ3n) is 2.22. The summed E-state index contributed by atoms with van der Waals surface area (Å²) in [6.45, 7) is 0. The summed E-state index contributed by atoms with van der Waals surface area (Å²) >= 11 is 1.44. The fourth-order valence-corrected chi connectivity index (χ4v) is 2.17. The van der Waals surface area contributed by atoms with Gasteiger partial charge in [0.25, 0.3) is 5.91 Å². The normalized spacial score (nSPS) is 20.9. The van der Waals surface area contributed by atoms with Gasteiger partial charge in [-0.05, 0) is 12.1 Å². The first-order valence-electron chi connectivity index (χ1n) is 4.84. The van der Waals surface area contributed by atoms with E-state index in [1.807, 2.05) is 28.8 Å². The zero-order valence-corrected chi connectivity index (χ0v) is 9.65. The van der Waals surface area contributed by atoms with E-state index in [2.05, 4.69) is 9.98 Å². The predicted molar refractivity (Wildman–Crippen MR) is 63.7 cm³/mol. The molecule has 0 saturated carbocycles. The van der Waals surface area contributed by atoms with Crippen molar-refractivity contribution in [2.75, 3.05) is 6.26 Å². The van der Waals surface area contributed by atoms with Gasteiger partial charge in [-0.3, -0.25) is 14.1 Å². The van der Waals surface area contributed by atoms with E-state index < -0.39 is 0 Å². The maximum Gasteiger partial charge on any atom is 0.251 e. The van der Waals surface area contributed by atoms with Crippen LogP contribution in [0.1, 0.15) is 12.1 Å². The molecule has 1 atom stereocenters. The monoisotopic (exact) mass is 236 g/mol. The first kappa shape index (κ1) is 11.1. The van der Waals surface area contributed by atoms with Crippen LogP contribution in [-0.2, 0) is 4.79 Å². The molecule has 0 aromatic carbocycles. The van der Waals surface area contributed by atoms with Crippen LogP contribution in [0.4, 0.5) is 0 Å². The topological polar surface area (TPSA) is 71.6 Å². The minimum absolute atomic E-state index is 0.196. The van der Waals surface area contributed by atoms with E-state index in [1.54, 1.807) is 6.20 Å². The van der Waals surface area contributed by atoms with Crippen LogP contribution < -0.4 is 5.73 Å². The molecule has 1 amide bonds. The molecule has 0 spiro atoms. The molecule has 5 nitrogen and oxygen atoms in total. The highest BCUT2D eigenvalue weighted by Gasteiger charge is 2.28. The number of amides is 1. The molecule has 1 aliphatic heterocycles. The first-order chi connectivity index (χ1) is 7.72. The Hall–Kier alpha value is -1.40. The highest BCUT2D eigenvalue weighted by molar-refractivity contribution is 7.96. The first-order valence-corrected chi connectivity index (χ1v) is 6.02. The molecule has 16 heavy (non-hydrogen) atoms. The van der Waals surface area contributed by atoms with E-state index in [4.69, 9.17) is 5.73 Å². The number of nitrogens with two attached hydrogens (primary N) is 1. The number of nitrogens with zero attached hydrogens (tertiary/aromatic N) is 3. The van der Waals surface area contributed by atoms with Gasteiger partial charge < -0.3 is 5.73 Å². The second-order valence-corrected chi connectivity index (χ2v) is 4.08. The highest BCUT2D eigenvalue weighted by atomic mass is 32.2. The molecule has 2 N–H and O–H groups in total.